The minimum Gasteiger partial charge on any atom is -0.356 e. The Hall–Kier alpha value is -0.610. The first-order valence-corrected chi connectivity index (χ1v) is 7.40. The lowest BCUT2D eigenvalue weighted by Crippen LogP contribution is -2.44. The van der Waals surface area contributed by atoms with Crippen LogP contribution >= 0.6 is 0 Å². The molecule has 1 rings (SSSR count). The SMILES string of the molecule is CCC(=O)NCCCCCCN1CCN(C)CC1. The van der Waals surface area contributed by atoms with Crippen LogP contribution in [0.4, 0.5) is 0 Å². The molecule has 1 amide bonds. The number of piperazine rings is 1. The van der Waals surface area contributed by atoms with Crippen molar-refractivity contribution in [3.63, 3.8) is 0 Å². The van der Waals surface area contributed by atoms with Gasteiger partial charge in [0.25, 0.3) is 0 Å². The summed E-state index contributed by atoms with van der Waals surface area (Å²) in [7, 11) is 2.20. The number of hydrogen-bond acceptors (Lipinski definition) is 3. The van der Waals surface area contributed by atoms with Gasteiger partial charge in [-0.2, -0.15) is 0 Å². The highest BCUT2D eigenvalue weighted by Gasteiger charge is 2.12. The fourth-order valence-corrected chi connectivity index (χ4v) is 2.24. The summed E-state index contributed by atoms with van der Waals surface area (Å²) in [6, 6.07) is 0. The maximum atomic E-state index is 11.0. The number of carbonyl (C=O) groups excluding carboxylic acids is 1. The first-order valence-electron chi connectivity index (χ1n) is 7.40. The van der Waals surface area contributed by atoms with Crippen molar-refractivity contribution in [2.45, 2.75) is 39.0 Å². The van der Waals surface area contributed by atoms with Crippen LogP contribution in [0.3, 0.4) is 0 Å². The molecule has 0 bridgehead atoms. The molecule has 0 atom stereocenters. The number of unbranched alkanes of at least 4 members (excludes halogenated alkanes) is 3. The monoisotopic (exact) mass is 255 g/mol. The van der Waals surface area contributed by atoms with Crippen LogP contribution in [0.2, 0.25) is 0 Å². The van der Waals surface area contributed by atoms with Crippen LogP contribution in [-0.4, -0.2) is 62.0 Å². The Morgan fingerprint density at radius 1 is 1.06 bits per heavy atom. The minimum atomic E-state index is 0.174. The molecule has 1 saturated heterocycles. The van der Waals surface area contributed by atoms with Gasteiger partial charge in [-0.1, -0.05) is 19.8 Å². The van der Waals surface area contributed by atoms with Crippen LogP contribution in [0.25, 0.3) is 0 Å². The molecular weight excluding hydrogens is 226 g/mol. The molecule has 0 aromatic carbocycles. The maximum absolute atomic E-state index is 11.0. The molecule has 1 aliphatic heterocycles. The first-order chi connectivity index (χ1) is 8.72. The molecule has 4 heteroatoms. The predicted molar refractivity (Wildman–Crippen MR) is 75.7 cm³/mol. The fourth-order valence-electron chi connectivity index (χ4n) is 2.24. The van der Waals surface area contributed by atoms with Crippen molar-refractivity contribution < 1.29 is 4.79 Å². The number of likely N-dealkylation sites (N-methyl/N-ethyl adjacent to an activating group) is 1. The molecule has 0 spiro atoms. The van der Waals surface area contributed by atoms with E-state index in [1.54, 1.807) is 0 Å². The van der Waals surface area contributed by atoms with Crippen molar-refractivity contribution in [1.82, 2.24) is 15.1 Å². The Balaban J connectivity index is 1.85. The number of rotatable bonds is 8. The number of amides is 1. The van der Waals surface area contributed by atoms with Gasteiger partial charge in [0, 0.05) is 39.1 Å². The van der Waals surface area contributed by atoms with Crippen LogP contribution < -0.4 is 5.32 Å². The zero-order chi connectivity index (χ0) is 13.2. The van der Waals surface area contributed by atoms with Gasteiger partial charge in [-0.25, -0.2) is 0 Å². The second-order valence-corrected chi connectivity index (χ2v) is 5.26. The number of nitrogens with one attached hydrogen (secondary N) is 1. The van der Waals surface area contributed by atoms with E-state index >= 15 is 0 Å². The second-order valence-electron chi connectivity index (χ2n) is 5.26. The van der Waals surface area contributed by atoms with E-state index in [-0.39, 0.29) is 5.91 Å². The van der Waals surface area contributed by atoms with Crippen molar-refractivity contribution in [1.29, 1.82) is 0 Å². The van der Waals surface area contributed by atoms with E-state index in [2.05, 4.69) is 22.2 Å². The van der Waals surface area contributed by atoms with Crippen molar-refractivity contribution in [2.75, 3.05) is 46.3 Å². The summed E-state index contributed by atoms with van der Waals surface area (Å²) >= 11 is 0. The van der Waals surface area contributed by atoms with Crippen LogP contribution in [0.15, 0.2) is 0 Å². The summed E-state index contributed by atoms with van der Waals surface area (Å²) in [5, 5.41) is 2.92. The van der Waals surface area contributed by atoms with Gasteiger partial charge < -0.3 is 15.1 Å². The predicted octanol–water partition coefficient (Wildman–Crippen LogP) is 1.32. The third-order valence-corrected chi connectivity index (χ3v) is 3.64. The maximum Gasteiger partial charge on any atom is 0.219 e. The van der Waals surface area contributed by atoms with Crippen molar-refractivity contribution >= 4 is 5.91 Å². The number of nitrogens with zero attached hydrogens (tertiary/aromatic N) is 2. The molecule has 1 fully saturated rings. The topological polar surface area (TPSA) is 35.6 Å². The van der Waals surface area contributed by atoms with E-state index in [4.69, 9.17) is 0 Å². The highest BCUT2D eigenvalue weighted by atomic mass is 16.1. The number of hydrogen-bond donors (Lipinski definition) is 1. The van der Waals surface area contributed by atoms with Gasteiger partial charge in [-0.05, 0) is 26.4 Å². The molecule has 106 valence electrons. The van der Waals surface area contributed by atoms with E-state index in [1.165, 1.54) is 52.0 Å². The number of carbonyl (C=O) groups is 1. The first kappa shape index (κ1) is 15.4. The van der Waals surface area contributed by atoms with Gasteiger partial charge >= 0.3 is 0 Å². The average molecular weight is 255 g/mol. The van der Waals surface area contributed by atoms with Gasteiger partial charge in [-0.3, -0.25) is 4.79 Å². The second kappa shape index (κ2) is 9.34. The lowest BCUT2D eigenvalue weighted by molar-refractivity contribution is -0.120. The van der Waals surface area contributed by atoms with Crippen LogP contribution in [-0.2, 0) is 4.79 Å². The van der Waals surface area contributed by atoms with E-state index in [0.29, 0.717) is 6.42 Å². The zero-order valence-electron chi connectivity index (χ0n) is 12.1. The van der Waals surface area contributed by atoms with E-state index < -0.39 is 0 Å². The standard InChI is InChI=1S/C14H29N3O/c1-3-14(18)15-8-6-4-5-7-9-17-12-10-16(2)11-13-17/h3-13H2,1-2H3,(H,15,18). The zero-order valence-corrected chi connectivity index (χ0v) is 12.1. The smallest absolute Gasteiger partial charge is 0.219 e. The Morgan fingerprint density at radius 3 is 2.39 bits per heavy atom. The average Bonchev–Trinajstić information content (AvgIpc) is 2.39. The molecular formula is C14H29N3O. The normalized spacial score (nSPS) is 17.9. The highest BCUT2D eigenvalue weighted by Crippen LogP contribution is 2.04. The van der Waals surface area contributed by atoms with Gasteiger partial charge in [-0.15, -0.1) is 0 Å². The van der Waals surface area contributed by atoms with E-state index in [1.807, 2.05) is 6.92 Å². The Kier molecular flexibility index (Phi) is 8.01. The molecule has 0 aromatic rings. The molecule has 4 nitrogen and oxygen atoms in total. The van der Waals surface area contributed by atoms with Crippen molar-refractivity contribution in [3.05, 3.63) is 0 Å². The lowest BCUT2D eigenvalue weighted by atomic mass is 10.2. The third kappa shape index (κ3) is 6.97. The van der Waals surface area contributed by atoms with Crippen LogP contribution in [0, 0.1) is 0 Å². The Morgan fingerprint density at radius 2 is 1.72 bits per heavy atom. The molecule has 1 N–H and O–H groups in total. The summed E-state index contributed by atoms with van der Waals surface area (Å²) in [6.45, 7) is 8.86. The van der Waals surface area contributed by atoms with Crippen LogP contribution in [0.5, 0.6) is 0 Å². The largest absolute Gasteiger partial charge is 0.356 e. The van der Waals surface area contributed by atoms with E-state index in [9.17, 15) is 4.79 Å². The molecule has 0 saturated carbocycles. The lowest BCUT2D eigenvalue weighted by Gasteiger charge is -2.32. The van der Waals surface area contributed by atoms with Crippen LogP contribution in [0.1, 0.15) is 39.0 Å². The summed E-state index contributed by atoms with van der Waals surface area (Å²) in [6.07, 6.45) is 5.54. The minimum absolute atomic E-state index is 0.174. The molecule has 18 heavy (non-hydrogen) atoms. The van der Waals surface area contributed by atoms with Gasteiger partial charge in [0.1, 0.15) is 0 Å². The van der Waals surface area contributed by atoms with Gasteiger partial charge in [0.05, 0.1) is 0 Å². The summed E-state index contributed by atoms with van der Waals surface area (Å²) in [5.41, 5.74) is 0. The Bertz CT molecular complexity index is 225. The third-order valence-electron chi connectivity index (χ3n) is 3.64. The summed E-state index contributed by atoms with van der Waals surface area (Å²) in [5.74, 6) is 0.174. The van der Waals surface area contributed by atoms with Crippen molar-refractivity contribution in [3.8, 4) is 0 Å². The van der Waals surface area contributed by atoms with Gasteiger partial charge in [0.2, 0.25) is 5.91 Å². The molecule has 0 aliphatic carbocycles. The van der Waals surface area contributed by atoms with Crippen molar-refractivity contribution in [2.24, 2.45) is 0 Å². The van der Waals surface area contributed by atoms with Gasteiger partial charge in [0.15, 0.2) is 0 Å². The summed E-state index contributed by atoms with van der Waals surface area (Å²) < 4.78 is 0. The van der Waals surface area contributed by atoms with E-state index in [0.717, 1.165) is 13.0 Å². The molecule has 0 aromatic heterocycles. The fraction of sp³-hybridized carbons (Fsp3) is 0.929. The summed E-state index contributed by atoms with van der Waals surface area (Å²) in [4.78, 5) is 16.0. The molecule has 1 heterocycles. The highest BCUT2D eigenvalue weighted by molar-refractivity contribution is 5.75. The quantitative estimate of drug-likeness (QED) is 0.665. The Labute approximate surface area is 112 Å². The molecule has 0 unspecified atom stereocenters. The molecule has 1 aliphatic rings. The molecule has 0 radical (unpaired) electrons.